The minimum absolute atomic E-state index is 0.142. The third-order valence-electron chi connectivity index (χ3n) is 15.3. The Hall–Kier alpha value is -6.37. The van der Waals surface area contributed by atoms with Gasteiger partial charge in [0.2, 0.25) is 5.69 Å². The van der Waals surface area contributed by atoms with Crippen LogP contribution in [0.25, 0.3) is 78.3 Å². The normalized spacial score (nSPS) is 16.1. The average Bonchev–Trinajstić information content (AvgIpc) is 3.86. The molecular weight excluding hydrogens is 857 g/mol. The lowest BCUT2D eigenvalue weighted by molar-refractivity contribution is -0.719. The molecule has 5 aromatic carbocycles. The topological polar surface area (TPSA) is 38.7 Å². The maximum atomic E-state index is 7.25. The first kappa shape index (κ1) is 45.1. The van der Waals surface area contributed by atoms with E-state index < -0.39 is 8.07 Å². The highest BCUT2D eigenvalue weighted by molar-refractivity contribution is 6.89. The van der Waals surface area contributed by atoms with Gasteiger partial charge in [-0.25, -0.2) is 4.98 Å². The average molecular weight is 925 g/mol. The van der Waals surface area contributed by atoms with Crippen LogP contribution in [0.2, 0.25) is 19.6 Å². The molecule has 0 aliphatic carbocycles. The Labute approximate surface area is 410 Å². The molecule has 0 saturated heterocycles. The Bertz CT molecular complexity index is 3500. The summed E-state index contributed by atoms with van der Waals surface area (Å²) in [7, 11) is -1.76. The van der Waals surface area contributed by atoms with Crippen molar-refractivity contribution in [3.8, 4) is 39.5 Å². The molecule has 0 fully saturated rings. The molecule has 6 heterocycles. The summed E-state index contributed by atoms with van der Waals surface area (Å²) in [5.41, 5.74) is 21.5. The molecular formula is C63H68N4OSi+2. The smallest absolute Gasteiger partial charge is 0.305 e. The van der Waals surface area contributed by atoms with Gasteiger partial charge in [0.05, 0.1) is 14.5 Å². The summed E-state index contributed by atoms with van der Waals surface area (Å²) in [5.74, 6) is 2.32. The standard InChI is InChI=1S/C63H68N4OSi/c1-37(2)30-46-35-55-48-23-17-16-22-47(48)49-28-27-44-31-40(7)58-50-24-18-19-25-56(50)68-61(58)59(44)63-66(42(9)32-54(49)65(55)36-57(46)69(10,11)12)53-29-26-41(8)64-62(53)67(63)60-51(38(3)4)33-45(34-52(60)39(5)6)43-20-14-13-15-21-43/h13-26,29,31,33-39,49,54H,9,27-28,30,32H2,1-8,10-12H3/q+2. The number of imidazole rings is 1. The molecule has 4 aromatic heterocycles. The fraction of sp³-hybridized carbons (Fsp3) is 0.317. The van der Waals surface area contributed by atoms with Gasteiger partial charge in [0.1, 0.15) is 22.5 Å². The maximum absolute atomic E-state index is 7.25. The molecule has 9 aromatic rings. The van der Waals surface area contributed by atoms with Crippen LogP contribution in [0.1, 0.15) is 117 Å². The molecule has 2 unspecified atom stereocenters. The molecule has 2 atom stereocenters. The van der Waals surface area contributed by atoms with Gasteiger partial charge in [-0.05, 0) is 121 Å². The quantitative estimate of drug-likeness (QED) is 0.118. The van der Waals surface area contributed by atoms with Crippen molar-refractivity contribution in [2.75, 3.05) is 0 Å². The van der Waals surface area contributed by atoms with Crippen LogP contribution in [0.15, 0.2) is 132 Å². The predicted molar refractivity (Wildman–Crippen MR) is 291 cm³/mol. The van der Waals surface area contributed by atoms with E-state index >= 15 is 0 Å². The fourth-order valence-corrected chi connectivity index (χ4v) is 13.9. The highest BCUT2D eigenvalue weighted by atomic mass is 28.3. The van der Waals surface area contributed by atoms with Crippen molar-refractivity contribution in [2.24, 2.45) is 5.92 Å². The van der Waals surface area contributed by atoms with E-state index in [1.54, 1.807) is 5.19 Å². The largest absolute Gasteiger partial charge is 0.455 e. The molecule has 5 nitrogen and oxygen atoms in total. The van der Waals surface area contributed by atoms with Crippen LogP contribution < -0.4 is 14.3 Å². The van der Waals surface area contributed by atoms with Crippen LogP contribution in [0.4, 0.5) is 0 Å². The van der Waals surface area contributed by atoms with Crippen LogP contribution >= 0.6 is 0 Å². The summed E-state index contributed by atoms with van der Waals surface area (Å²) >= 11 is 0. The molecule has 0 bridgehead atoms. The number of rotatable bonds is 7. The minimum Gasteiger partial charge on any atom is -0.455 e. The van der Waals surface area contributed by atoms with Gasteiger partial charge >= 0.3 is 5.82 Å². The number of furan rings is 1. The minimum atomic E-state index is -1.76. The second-order valence-electron chi connectivity index (χ2n) is 22.4. The number of aromatic nitrogens is 4. The summed E-state index contributed by atoms with van der Waals surface area (Å²) in [6.45, 7) is 31.3. The number of allylic oxidation sites excluding steroid dienone is 1. The van der Waals surface area contributed by atoms with E-state index in [4.69, 9.17) is 16.0 Å². The van der Waals surface area contributed by atoms with E-state index in [-0.39, 0.29) is 23.8 Å². The van der Waals surface area contributed by atoms with Crippen molar-refractivity contribution in [1.82, 2.24) is 9.55 Å². The molecule has 2 aliphatic rings. The van der Waals surface area contributed by atoms with Crippen molar-refractivity contribution < 1.29 is 13.6 Å². The first-order chi connectivity index (χ1) is 33.1. The summed E-state index contributed by atoms with van der Waals surface area (Å²) in [4.78, 5) is 5.58. The predicted octanol–water partition coefficient (Wildman–Crippen LogP) is 15.3. The Balaban J connectivity index is 1.27. The number of fused-ring (bicyclic) bond motifs is 15. The number of hydrogen-bond donors (Lipinski definition) is 0. The fourth-order valence-electron chi connectivity index (χ4n) is 12.2. The molecule has 348 valence electrons. The van der Waals surface area contributed by atoms with Crippen molar-refractivity contribution in [3.05, 3.63) is 167 Å². The highest BCUT2D eigenvalue weighted by Gasteiger charge is 2.46. The Morgan fingerprint density at radius 3 is 2.20 bits per heavy atom. The zero-order valence-electron chi connectivity index (χ0n) is 42.7. The van der Waals surface area contributed by atoms with Gasteiger partial charge in [-0.2, -0.15) is 13.7 Å². The number of pyridine rings is 2. The Kier molecular flexibility index (Phi) is 11.1. The van der Waals surface area contributed by atoms with Gasteiger partial charge in [-0.1, -0.05) is 141 Å². The van der Waals surface area contributed by atoms with Crippen molar-refractivity contribution in [3.63, 3.8) is 0 Å². The van der Waals surface area contributed by atoms with Gasteiger partial charge in [-0.15, -0.1) is 0 Å². The number of nitrogens with zero attached hydrogens (tertiary/aromatic N) is 4. The monoisotopic (exact) mass is 925 g/mol. The van der Waals surface area contributed by atoms with Crippen LogP contribution in [-0.4, -0.2) is 17.6 Å². The van der Waals surface area contributed by atoms with Crippen LogP contribution in [0.5, 0.6) is 0 Å². The van der Waals surface area contributed by atoms with E-state index in [1.165, 1.54) is 66.8 Å². The first-order valence-corrected chi connectivity index (χ1v) is 29.1. The van der Waals surface area contributed by atoms with E-state index in [2.05, 4.69) is 210 Å². The molecule has 0 saturated carbocycles. The molecule has 2 aliphatic heterocycles. The maximum Gasteiger partial charge on any atom is 0.305 e. The second-order valence-corrected chi connectivity index (χ2v) is 27.5. The summed E-state index contributed by atoms with van der Waals surface area (Å²) in [6, 6.07) is 43.4. The van der Waals surface area contributed by atoms with Gasteiger partial charge in [0.25, 0.3) is 5.65 Å². The molecule has 6 heteroatoms. The van der Waals surface area contributed by atoms with E-state index in [0.717, 1.165) is 76.2 Å². The number of hydrogen-bond acceptors (Lipinski definition) is 2. The number of para-hydroxylation sites is 1. The lowest BCUT2D eigenvalue weighted by Crippen LogP contribution is -2.54. The van der Waals surface area contributed by atoms with Crippen molar-refractivity contribution >= 4 is 52.1 Å². The summed E-state index contributed by atoms with van der Waals surface area (Å²) in [5, 5.41) is 3.89. The summed E-state index contributed by atoms with van der Waals surface area (Å²) < 4.78 is 15.0. The van der Waals surface area contributed by atoms with Crippen molar-refractivity contribution in [2.45, 2.75) is 125 Å². The Morgan fingerprint density at radius 1 is 0.797 bits per heavy atom. The molecule has 0 radical (unpaired) electrons. The lowest BCUT2D eigenvalue weighted by atomic mass is 9.77. The first-order valence-electron chi connectivity index (χ1n) is 25.6. The molecule has 0 amide bonds. The zero-order chi connectivity index (χ0) is 48.2. The van der Waals surface area contributed by atoms with Crippen LogP contribution in [0, 0.1) is 19.8 Å². The van der Waals surface area contributed by atoms with Gasteiger partial charge in [0, 0.05) is 50.3 Å². The SMILES string of the molecule is C=C1CC2C(CCc3cc(C)c4c(oc5ccccc54)c3-c3n(-c4c(C(C)C)cc(-c5ccccc5)cc4C(C)C)c4nc(C)ccc4[n+]31)c1ccccc1-c1cc(CC(C)C)c([Si](C)(C)C)c[n+]12. The molecule has 0 N–H and O–H groups in total. The van der Waals surface area contributed by atoms with Crippen LogP contribution in [-0.2, 0) is 12.8 Å². The van der Waals surface area contributed by atoms with Gasteiger partial charge < -0.3 is 4.42 Å². The number of aryl methyl sites for hydroxylation is 3. The van der Waals surface area contributed by atoms with E-state index in [1.807, 2.05) is 0 Å². The third-order valence-corrected chi connectivity index (χ3v) is 17.4. The van der Waals surface area contributed by atoms with E-state index in [9.17, 15) is 0 Å². The van der Waals surface area contributed by atoms with Crippen LogP contribution in [0.3, 0.4) is 0 Å². The molecule has 0 spiro atoms. The third kappa shape index (κ3) is 7.44. The molecule has 69 heavy (non-hydrogen) atoms. The van der Waals surface area contributed by atoms with Crippen molar-refractivity contribution in [1.29, 1.82) is 0 Å². The lowest BCUT2D eigenvalue weighted by Gasteiger charge is -2.33. The second kappa shape index (κ2) is 16.9. The zero-order valence-corrected chi connectivity index (χ0v) is 43.7. The number of benzene rings is 5. The molecule has 11 rings (SSSR count). The van der Waals surface area contributed by atoms with E-state index in [0.29, 0.717) is 5.92 Å². The van der Waals surface area contributed by atoms with Gasteiger partial charge in [-0.3, -0.25) is 0 Å². The van der Waals surface area contributed by atoms with Gasteiger partial charge in [0.15, 0.2) is 23.3 Å². The highest BCUT2D eigenvalue weighted by Crippen LogP contribution is 2.49. The Morgan fingerprint density at radius 2 is 1.49 bits per heavy atom. The summed E-state index contributed by atoms with van der Waals surface area (Å²) in [6.07, 6.45) is 6.31.